The molecule has 17 rings (SSSR count). The van der Waals surface area contributed by atoms with E-state index in [1.807, 2.05) is 140 Å². The molecule has 6 aromatic heterocycles. The summed E-state index contributed by atoms with van der Waals surface area (Å²) in [7, 11) is 4.61. The lowest BCUT2D eigenvalue weighted by atomic mass is 10.0. The van der Waals surface area contributed by atoms with E-state index in [4.69, 9.17) is 28.6 Å². The van der Waals surface area contributed by atoms with Crippen LogP contribution in [0.4, 0.5) is 44.2 Å². The number of nitrogens with one attached hydrogen (secondary N) is 4. The molecular formula is C99H80N22O21S3. The molecule has 0 atom stereocenters. The minimum Gasteiger partial charge on any atom is -0.497 e. The Morgan fingerprint density at radius 1 is 0.414 bits per heavy atom. The Morgan fingerprint density at radius 3 is 1.24 bits per heavy atom. The lowest BCUT2D eigenvalue weighted by molar-refractivity contribution is -0.385. The summed E-state index contributed by atoms with van der Waals surface area (Å²) in [5.41, 5.74) is 22.6. The standard InChI is InChI=1S/C31H24N4O4S.C28H23N7O6S.C20H15N7O4S.C20H18N4O7/c1-20-11-13-23(14-12-20)28-29(24-17-15-22(16-18-24)21-7-3-2-4-8-21)40-31(32-28)34-33-26(30(36)37)19-25-9-5-6-10-27(25)35(38)39;1-41-22-12-8-17(9-13-22)25-26(18-6-10-21(11-7-18)34-15-20(16-36)30-33-34)42-28(29-25)32-31-23(27(37)38)14-19-4-2-3-5-24(19)35(39)40;28-19(29)16(11-14-3-1-2-4-18(14)27(30)31)23-24-20-22-17(12-32-20)13-5-7-15(8-6-13)26-10-9-21-25-26;1-29-17-8-7-12(10-18(17)30-2)15-11-31-20(21-15)23-22-14(19(25)26)9-13-5-3-4-6-16(13)24(27)28/h2-18H,19H2,1H3,(H,32,34)(H,36,37);2-13,15,36H,14,16H2,1H3,(H,29,32)(H,37,38);1-10,12H,11H2,(H,22,24)(H,28,29);3-8,10-11H,9H2,1-2H3,(H,21,23)(H,25,26)/b;;;22-14+. The molecule has 0 unspecified atom stereocenters. The predicted octanol–water partition coefficient (Wildman–Crippen LogP) is 18.8. The van der Waals surface area contributed by atoms with Gasteiger partial charge in [-0.15, -0.1) is 21.5 Å². The zero-order valence-electron chi connectivity index (χ0n) is 76.4. The van der Waals surface area contributed by atoms with E-state index in [0.717, 1.165) is 71.3 Å². The molecule has 0 aliphatic carbocycles. The second-order valence-electron chi connectivity index (χ2n) is 30.5. The van der Waals surface area contributed by atoms with Gasteiger partial charge in [-0.25, -0.2) is 48.9 Å². The number of nitrogens with zero attached hydrogens (tertiary/aromatic N) is 18. The van der Waals surface area contributed by atoms with Crippen molar-refractivity contribution in [3.8, 4) is 106 Å². The van der Waals surface area contributed by atoms with E-state index < -0.39 is 43.6 Å². The number of hydrazone groups is 4. The van der Waals surface area contributed by atoms with Gasteiger partial charge in [-0.3, -0.25) is 56.7 Å². The van der Waals surface area contributed by atoms with Crippen molar-refractivity contribution in [2.24, 2.45) is 20.4 Å². The zero-order valence-corrected chi connectivity index (χ0v) is 78.8. The average Bonchev–Trinajstić information content (AvgIpc) is 1.65. The summed E-state index contributed by atoms with van der Waals surface area (Å²) < 4.78 is 24.2. The number of benzene rings is 11. The molecule has 0 aliphatic heterocycles. The van der Waals surface area contributed by atoms with Crippen molar-refractivity contribution < 1.29 is 83.0 Å². The van der Waals surface area contributed by atoms with Crippen molar-refractivity contribution in [3.05, 3.63) is 371 Å². The molecule has 0 saturated carbocycles. The van der Waals surface area contributed by atoms with Gasteiger partial charge in [-0.2, -0.15) is 25.4 Å². The number of methoxy groups -OCH3 is 3. The van der Waals surface area contributed by atoms with Crippen molar-refractivity contribution in [3.63, 3.8) is 0 Å². The molecule has 0 radical (unpaired) electrons. The third-order valence-electron chi connectivity index (χ3n) is 21.2. The van der Waals surface area contributed by atoms with Gasteiger partial charge >= 0.3 is 29.9 Å². The van der Waals surface area contributed by atoms with Crippen LogP contribution in [0.5, 0.6) is 17.2 Å². The highest BCUT2D eigenvalue weighted by atomic mass is 32.1. The Labute approximate surface area is 832 Å². The number of rotatable bonds is 37. The van der Waals surface area contributed by atoms with Gasteiger partial charge in [0.2, 0.25) is 15.4 Å². The first-order valence-electron chi connectivity index (χ1n) is 42.9. The van der Waals surface area contributed by atoms with Crippen LogP contribution in [-0.2, 0) is 51.5 Å². The van der Waals surface area contributed by atoms with Crippen LogP contribution in [0.25, 0.3) is 88.4 Å². The maximum atomic E-state index is 12.0. The molecule has 0 bridgehead atoms. The number of carbonyl (C=O) groups is 4. The fourth-order valence-electron chi connectivity index (χ4n) is 13.9. The van der Waals surface area contributed by atoms with Gasteiger partial charge in [0.05, 0.1) is 104 Å². The van der Waals surface area contributed by atoms with Gasteiger partial charge in [0.15, 0.2) is 11.5 Å². The van der Waals surface area contributed by atoms with Crippen molar-refractivity contribution in [1.82, 2.24) is 49.9 Å². The molecule has 730 valence electrons. The van der Waals surface area contributed by atoms with Crippen LogP contribution in [0, 0.1) is 47.4 Å². The lowest BCUT2D eigenvalue weighted by Crippen LogP contribution is -2.18. The highest BCUT2D eigenvalue weighted by Crippen LogP contribution is 2.43. The van der Waals surface area contributed by atoms with Gasteiger partial charge in [0.25, 0.3) is 22.7 Å². The maximum absolute atomic E-state index is 12.0. The van der Waals surface area contributed by atoms with Gasteiger partial charge in [0, 0.05) is 99.8 Å². The fourth-order valence-corrected chi connectivity index (χ4v) is 16.4. The molecule has 11 aromatic carbocycles. The largest absolute Gasteiger partial charge is 0.497 e. The number of nitro groups is 4. The van der Waals surface area contributed by atoms with Crippen molar-refractivity contribution >= 4 is 125 Å². The van der Waals surface area contributed by atoms with E-state index in [2.05, 4.69) is 97.0 Å². The molecule has 9 N–H and O–H groups in total. The fraction of sp³-hybridized carbons (Fsp3) is 0.0909. The monoisotopic (exact) mass is 2010 g/mol. The van der Waals surface area contributed by atoms with E-state index in [9.17, 15) is 85.2 Å². The lowest BCUT2D eigenvalue weighted by Gasteiger charge is -2.07. The SMILES string of the molecule is COc1ccc(-c2coc(N/N=C(\Cc3ccccc3[N+](=O)[O-])C(=O)O)n2)cc1OC.COc1ccc(-c2nc(NN=C(Cc3ccccc3[N+](=O)[O-])C(=O)O)sc2-c2ccc(-n3cc(CO)nn3)cc2)cc1.Cc1ccc(-c2nc(NN=C(Cc3ccccc3[N+](=O)[O-])C(=O)O)sc2-c2ccc(-c3ccccc3)cc2)cc1.O=C(O)C(Cc1ccccc1[N+](=O)[O-])=NNc1nc(-c2ccc(-n3ccnn3)cc2)cs1. The van der Waals surface area contributed by atoms with Crippen molar-refractivity contribution in [2.75, 3.05) is 43.0 Å². The number of aliphatic hydroxyl groups is 1. The molecule has 46 heteroatoms. The molecule has 0 fully saturated rings. The predicted molar refractivity (Wildman–Crippen MR) is 543 cm³/mol. The van der Waals surface area contributed by atoms with Crippen LogP contribution in [0.3, 0.4) is 0 Å². The Bertz CT molecular complexity index is 7670. The summed E-state index contributed by atoms with van der Waals surface area (Å²) in [6.45, 7) is 1.80. The number of aryl methyl sites for hydroxylation is 1. The summed E-state index contributed by atoms with van der Waals surface area (Å²) in [6, 6.07) is 77.5. The van der Waals surface area contributed by atoms with E-state index in [0.29, 0.717) is 61.0 Å². The number of aliphatic carboxylic acids is 4. The smallest absolute Gasteiger partial charge is 0.352 e. The Kier molecular flexibility index (Phi) is 33.7. The van der Waals surface area contributed by atoms with Crippen molar-refractivity contribution in [1.29, 1.82) is 0 Å². The second-order valence-corrected chi connectivity index (χ2v) is 33.3. The number of hydrogen-bond donors (Lipinski definition) is 9. The van der Waals surface area contributed by atoms with Crippen LogP contribution < -0.4 is 35.9 Å². The number of aromatic nitrogens is 10. The summed E-state index contributed by atoms with van der Waals surface area (Å²) in [6.07, 6.45) is 5.38. The second kappa shape index (κ2) is 48.2. The number of thiazole rings is 3. The maximum Gasteiger partial charge on any atom is 0.352 e. The number of carboxylic acids is 4. The molecular weight excluding hydrogens is 1930 g/mol. The zero-order chi connectivity index (χ0) is 103. The molecule has 0 spiro atoms. The third kappa shape index (κ3) is 26.5. The number of hydrogen-bond acceptors (Lipinski definition) is 36. The van der Waals surface area contributed by atoms with Gasteiger partial charge < -0.3 is 44.2 Å². The molecule has 17 aromatic rings. The quantitative estimate of drug-likeness (QED) is 0.00992. The number of nitro benzene ring substituents is 4. The highest BCUT2D eigenvalue weighted by molar-refractivity contribution is 7.19. The third-order valence-corrected chi connectivity index (χ3v) is 23.9. The van der Waals surface area contributed by atoms with E-state index in [1.54, 1.807) is 77.5 Å². The summed E-state index contributed by atoms with van der Waals surface area (Å²) in [5, 5.41) is 127. The number of oxazole rings is 1. The number of ether oxygens (including phenoxy) is 3. The first-order chi connectivity index (χ1) is 70.2. The number of anilines is 4. The minimum atomic E-state index is -1.34. The van der Waals surface area contributed by atoms with E-state index in [1.165, 1.54) is 127 Å². The van der Waals surface area contributed by atoms with Crippen LogP contribution in [0.2, 0.25) is 0 Å². The average molecular weight is 2010 g/mol. The minimum absolute atomic E-state index is 0.0499. The van der Waals surface area contributed by atoms with Gasteiger partial charge in [0.1, 0.15) is 46.2 Å². The first-order valence-corrected chi connectivity index (χ1v) is 45.4. The van der Waals surface area contributed by atoms with E-state index >= 15 is 0 Å². The van der Waals surface area contributed by atoms with Crippen molar-refractivity contribution in [2.45, 2.75) is 39.2 Å². The van der Waals surface area contributed by atoms with Crippen LogP contribution in [0.15, 0.2) is 322 Å². The molecule has 0 amide bonds. The number of aliphatic hydroxyl groups excluding tert-OH is 1. The van der Waals surface area contributed by atoms with Gasteiger partial charge in [-0.05, 0) is 95.9 Å². The summed E-state index contributed by atoms with van der Waals surface area (Å²) in [5.74, 6) is -3.47. The van der Waals surface area contributed by atoms with Crippen LogP contribution >= 0.6 is 34.0 Å². The molecule has 145 heavy (non-hydrogen) atoms. The summed E-state index contributed by atoms with van der Waals surface area (Å²) >= 11 is 3.87. The molecule has 0 saturated heterocycles. The van der Waals surface area contributed by atoms with E-state index in [-0.39, 0.29) is 106 Å². The Balaban J connectivity index is 0.000000154. The van der Waals surface area contributed by atoms with Crippen LogP contribution in [-0.4, -0.2) is 163 Å². The normalized spacial score (nSPS) is 11.3. The Hall–Kier alpha value is -19.5. The topological polar surface area (TPSA) is 593 Å². The highest BCUT2D eigenvalue weighted by Gasteiger charge is 2.27. The van der Waals surface area contributed by atoms with Gasteiger partial charge in [-0.1, -0.05) is 215 Å². The number of para-hydroxylation sites is 4. The number of carboxylic acid groups (broad SMARTS) is 4. The molecule has 43 nitrogen and oxygen atoms in total. The first kappa shape index (κ1) is 101. The molecule has 6 heterocycles. The van der Waals surface area contributed by atoms with Crippen LogP contribution in [0.1, 0.15) is 33.5 Å². The Morgan fingerprint density at radius 2 is 0.814 bits per heavy atom. The summed E-state index contributed by atoms with van der Waals surface area (Å²) in [4.78, 5) is 110. The molecule has 0 aliphatic rings.